The van der Waals surface area contributed by atoms with Crippen molar-refractivity contribution in [1.29, 1.82) is 0 Å². The van der Waals surface area contributed by atoms with Crippen molar-refractivity contribution in [2.24, 2.45) is 0 Å². The van der Waals surface area contributed by atoms with Gasteiger partial charge in [0.25, 0.3) is 5.91 Å². The maximum atomic E-state index is 11.8. The first kappa shape index (κ1) is 13.8. The van der Waals surface area contributed by atoms with Gasteiger partial charge in [-0.1, -0.05) is 0 Å². The number of piperazine rings is 1. The lowest BCUT2D eigenvalue weighted by Gasteiger charge is -2.34. The number of nitrogens with zero attached hydrogens (tertiary/aromatic N) is 4. The molecule has 1 aromatic rings. The number of nitrogens with one attached hydrogen (secondary N) is 1. The lowest BCUT2D eigenvalue weighted by atomic mass is 10.3. The lowest BCUT2D eigenvalue weighted by molar-refractivity contribution is -0.129. The Morgan fingerprint density at radius 1 is 1.14 bits per heavy atom. The molecule has 2 fully saturated rings. The van der Waals surface area contributed by atoms with Crippen molar-refractivity contribution in [3.8, 4) is 0 Å². The zero-order valence-electron chi connectivity index (χ0n) is 12.1. The second-order valence-electron chi connectivity index (χ2n) is 5.50. The van der Waals surface area contributed by atoms with E-state index in [1.54, 1.807) is 13.1 Å². The van der Waals surface area contributed by atoms with Gasteiger partial charge in [0, 0.05) is 39.1 Å². The standard InChI is InChI=1S/C14H19N5O2/c1-10(20)18-4-6-19(7-5-18)13-9-15-12(8-16-13)14(21)17-11-2-3-11/h8-9,11H,2-7H2,1H3,(H,17,21). The number of hydrogen-bond donors (Lipinski definition) is 1. The van der Waals surface area contributed by atoms with Crippen LogP contribution in [0.5, 0.6) is 0 Å². The molecule has 7 nitrogen and oxygen atoms in total. The number of amides is 2. The number of rotatable bonds is 3. The van der Waals surface area contributed by atoms with Crippen LogP contribution in [0.2, 0.25) is 0 Å². The molecule has 0 spiro atoms. The van der Waals surface area contributed by atoms with E-state index in [-0.39, 0.29) is 11.8 Å². The van der Waals surface area contributed by atoms with Gasteiger partial charge in [-0.2, -0.15) is 0 Å². The van der Waals surface area contributed by atoms with Crippen LogP contribution in [0.25, 0.3) is 0 Å². The van der Waals surface area contributed by atoms with Crippen molar-refractivity contribution in [3.05, 3.63) is 18.1 Å². The largest absolute Gasteiger partial charge is 0.352 e. The molecule has 21 heavy (non-hydrogen) atoms. The predicted octanol–water partition coefficient (Wildman–Crippen LogP) is 0.0373. The van der Waals surface area contributed by atoms with Gasteiger partial charge in [-0.3, -0.25) is 9.59 Å². The molecule has 0 atom stereocenters. The first-order valence-electron chi connectivity index (χ1n) is 7.27. The molecule has 1 aromatic heterocycles. The van der Waals surface area contributed by atoms with Gasteiger partial charge >= 0.3 is 0 Å². The minimum atomic E-state index is -0.155. The number of aromatic nitrogens is 2. The van der Waals surface area contributed by atoms with Crippen LogP contribution in [0, 0.1) is 0 Å². The molecule has 1 saturated carbocycles. The minimum absolute atomic E-state index is 0.104. The van der Waals surface area contributed by atoms with Crippen molar-refractivity contribution in [2.75, 3.05) is 31.1 Å². The molecule has 2 amide bonds. The number of carbonyl (C=O) groups is 2. The zero-order valence-corrected chi connectivity index (χ0v) is 12.1. The van der Waals surface area contributed by atoms with Crippen LogP contribution in [0.1, 0.15) is 30.3 Å². The highest BCUT2D eigenvalue weighted by Crippen LogP contribution is 2.19. The van der Waals surface area contributed by atoms with Crippen LogP contribution >= 0.6 is 0 Å². The summed E-state index contributed by atoms with van der Waals surface area (Å²) < 4.78 is 0. The first-order valence-corrected chi connectivity index (χ1v) is 7.27. The van der Waals surface area contributed by atoms with Crippen molar-refractivity contribution < 1.29 is 9.59 Å². The third kappa shape index (κ3) is 3.29. The molecule has 3 rings (SSSR count). The first-order chi connectivity index (χ1) is 10.1. The molecule has 0 unspecified atom stereocenters. The van der Waals surface area contributed by atoms with E-state index in [0.717, 1.165) is 31.7 Å². The van der Waals surface area contributed by atoms with E-state index in [2.05, 4.69) is 20.2 Å². The van der Waals surface area contributed by atoms with Gasteiger partial charge in [0.05, 0.1) is 12.4 Å². The summed E-state index contributed by atoms with van der Waals surface area (Å²) in [5.74, 6) is 0.701. The Bertz CT molecular complexity index is 533. The third-order valence-electron chi connectivity index (χ3n) is 3.83. The van der Waals surface area contributed by atoms with Crippen LogP contribution in [0.3, 0.4) is 0 Å². The summed E-state index contributed by atoms with van der Waals surface area (Å²) in [6, 6.07) is 0.318. The van der Waals surface area contributed by atoms with E-state index in [4.69, 9.17) is 0 Å². The number of carbonyl (C=O) groups excluding carboxylic acids is 2. The molecular formula is C14H19N5O2. The Kier molecular flexibility index (Phi) is 3.72. The smallest absolute Gasteiger partial charge is 0.271 e. The van der Waals surface area contributed by atoms with E-state index in [1.165, 1.54) is 6.20 Å². The molecule has 1 aliphatic carbocycles. The molecule has 0 aromatic carbocycles. The van der Waals surface area contributed by atoms with Crippen LogP contribution in [-0.4, -0.2) is 58.9 Å². The maximum absolute atomic E-state index is 11.8. The maximum Gasteiger partial charge on any atom is 0.271 e. The van der Waals surface area contributed by atoms with Gasteiger partial charge in [-0.05, 0) is 12.8 Å². The Balaban J connectivity index is 1.59. The fourth-order valence-electron chi connectivity index (χ4n) is 2.34. The van der Waals surface area contributed by atoms with E-state index in [0.29, 0.717) is 24.8 Å². The molecule has 7 heteroatoms. The third-order valence-corrected chi connectivity index (χ3v) is 3.83. The van der Waals surface area contributed by atoms with E-state index < -0.39 is 0 Å². The molecule has 2 aliphatic rings. The Morgan fingerprint density at radius 2 is 1.86 bits per heavy atom. The lowest BCUT2D eigenvalue weighted by Crippen LogP contribution is -2.48. The summed E-state index contributed by atoms with van der Waals surface area (Å²) in [5.41, 5.74) is 0.355. The molecule has 1 saturated heterocycles. The van der Waals surface area contributed by atoms with E-state index in [1.807, 2.05) is 4.90 Å². The second kappa shape index (κ2) is 5.67. The second-order valence-corrected chi connectivity index (χ2v) is 5.50. The summed E-state index contributed by atoms with van der Waals surface area (Å²) in [7, 11) is 0. The molecule has 1 aliphatic heterocycles. The Morgan fingerprint density at radius 3 is 2.38 bits per heavy atom. The molecule has 2 heterocycles. The summed E-state index contributed by atoms with van der Waals surface area (Å²) in [4.78, 5) is 35.5. The van der Waals surface area contributed by atoms with Crippen molar-refractivity contribution in [1.82, 2.24) is 20.2 Å². The van der Waals surface area contributed by atoms with Crippen LogP contribution in [0.4, 0.5) is 5.82 Å². The van der Waals surface area contributed by atoms with Gasteiger partial charge in [-0.15, -0.1) is 0 Å². The average Bonchev–Trinajstić information content (AvgIpc) is 3.31. The van der Waals surface area contributed by atoms with E-state index >= 15 is 0 Å². The summed E-state index contributed by atoms with van der Waals surface area (Å²) >= 11 is 0. The summed E-state index contributed by atoms with van der Waals surface area (Å²) in [6.07, 6.45) is 5.25. The Labute approximate surface area is 123 Å². The molecule has 0 radical (unpaired) electrons. The quantitative estimate of drug-likeness (QED) is 0.850. The van der Waals surface area contributed by atoms with Crippen LogP contribution in [-0.2, 0) is 4.79 Å². The highest BCUT2D eigenvalue weighted by atomic mass is 16.2. The van der Waals surface area contributed by atoms with Crippen LogP contribution in [0.15, 0.2) is 12.4 Å². The summed E-state index contributed by atoms with van der Waals surface area (Å²) in [5, 5.41) is 2.89. The van der Waals surface area contributed by atoms with Gasteiger partial charge < -0.3 is 15.1 Å². The van der Waals surface area contributed by atoms with Crippen molar-refractivity contribution in [3.63, 3.8) is 0 Å². The average molecular weight is 289 g/mol. The zero-order chi connectivity index (χ0) is 14.8. The highest BCUT2D eigenvalue weighted by molar-refractivity contribution is 5.92. The highest BCUT2D eigenvalue weighted by Gasteiger charge is 2.25. The van der Waals surface area contributed by atoms with Gasteiger partial charge in [0.2, 0.25) is 5.91 Å². The normalized spacial score (nSPS) is 18.5. The SMILES string of the molecule is CC(=O)N1CCN(c2cnc(C(=O)NC3CC3)cn2)CC1. The minimum Gasteiger partial charge on any atom is -0.352 e. The molecule has 112 valence electrons. The van der Waals surface area contributed by atoms with Gasteiger partial charge in [0.15, 0.2) is 0 Å². The molecular weight excluding hydrogens is 270 g/mol. The summed E-state index contributed by atoms with van der Waals surface area (Å²) in [6.45, 7) is 4.45. The topological polar surface area (TPSA) is 78.4 Å². The van der Waals surface area contributed by atoms with Crippen molar-refractivity contribution >= 4 is 17.6 Å². The Hall–Kier alpha value is -2.18. The molecule has 0 bridgehead atoms. The van der Waals surface area contributed by atoms with Gasteiger partial charge in [0.1, 0.15) is 11.5 Å². The number of anilines is 1. The predicted molar refractivity (Wildman–Crippen MR) is 77.0 cm³/mol. The fourth-order valence-corrected chi connectivity index (χ4v) is 2.34. The monoisotopic (exact) mass is 289 g/mol. The van der Waals surface area contributed by atoms with Gasteiger partial charge in [-0.25, -0.2) is 9.97 Å². The number of hydrogen-bond acceptors (Lipinski definition) is 5. The van der Waals surface area contributed by atoms with Crippen LogP contribution < -0.4 is 10.2 Å². The fraction of sp³-hybridized carbons (Fsp3) is 0.571. The molecule has 1 N–H and O–H groups in total. The van der Waals surface area contributed by atoms with Crippen molar-refractivity contribution in [2.45, 2.75) is 25.8 Å². The van der Waals surface area contributed by atoms with E-state index in [9.17, 15) is 9.59 Å².